The Kier molecular flexibility index (Phi) is 7.05. The van der Waals surface area contributed by atoms with E-state index < -0.39 is 0 Å². The van der Waals surface area contributed by atoms with E-state index >= 15 is 0 Å². The SMILES string of the molecule is CCC(c1nc2occc2c(=O)n1Cc1ccccc1)N(CCN)Cc1ccc(Cl)cc1. The topological polar surface area (TPSA) is 77.3 Å². The second kappa shape index (κ2) is 10.1. The van der Waals surface area contributed by atoms with Crippen molar-refractivity contribution < 1.29 is 4.42 Å². The van der Waals surface area contributed by atoms with Crippen molar-refractivity contribution >= 4 is 22.7 Å². The lowest BCUT2D eigenvalue weighted by molar-refractivity contribution is 0.176. The van der Waals surface area contributed by atoms with Crippen molar-refractivity contribution in [2.45, 2.75) is 32.5 Å². The molecule has 1 unspecified atom stereocenters. The van der Waals surface area contributed by atoms with E-state index in [4.69, 9.17) is 26.7 Å². The summed E-state index contributed by atoms with van der Waals surface area (Å²) in [5, 5.41) is 1.19. The van der Waals surface area contributed by atoms with Crippen LogP contribution in [0.5, 0.6) is 0 Å². The summed E-state index contributed by atoms with van der Waals surface area (Å²) in [5.74, 6) is 0.686. The number of nitrogens with two attached hydrogens (primary N) is 1. The lowest BCUT2D eigenvalue weighted by Gasteiger charge is -2.31. The molecule has 2 heterocycles. The third kappa shape index (κ3) is 4.78. The molecule has 2 aromatic heterocycles. The van der Waals surface area contributed by atoms with Gasteiger partial charge >= 0.3 is 0 Å². The zero-order valence-corrected chi connectivity index (χ0v) is 18.8. The standard InChI is InChI=1S/C25H27ClN4O2/c1-2-22(29(14-13-27)16-19-8-10-20(26)11-9-19)23-28-24-21(12-15-32-24)25(31)30(23)17-18-6-4-3-5-7-18/h3-12,15,22H,2,13-14,16-17,27H2,1H3. The van der Waals surface area contributed by atoms with Gasteiger partial charge in [-0.1, -0.05) is 61.0 Å². The maximum Gasteiger partial charge on any atom is 0.265 e. The van der Waals surface area contributed by atoms with Crippen LogP contribution in [0.4, 0.5) is 0 Å². The molecule has 0 amide bonds. The van der Waals surface area contributed by atoms with Crippen molar-refractivity contribution in [3.05, 3.63) is 99.3 Å². The smallest absolute Gasteiger partial charge is 0.265 e. The molecule has 0 radical (unpaired) electrons. The number of hydrogen-bond donors (Lipinski definition) is 1. The molecule has 0 aliphatic heterocycles. The van der Waals surface area contributed by atoms with Crippen LogP contribution in [-0.4, -0.2) is 27.5 Å². The largest absolute Gasteiger partial charge is 0.446 e. The van der Waals surface area contributed by atoms with Gasteiger partial charge in [0.15, 0.2) is 0 Å². The van der Waals surface area contributed by atoms with Gasteiger partial charge in [-0.2, -0.15) is 4.98 Å². The highest BCUT2D eigenvalue weighted by Crippen LogP contribution is 2.26. The van der Waals surface area contributed by atoms with E-state index in [0.29, 0.717) is 48.1 Å². The van der Waals surface area contributed by atoms with Crippen molar-refractivity contribution in [3.8, 4) is 0 Å². The second-order valence-corrected chi connectivity index (χ2v) is 8.23. The average molecular weight is 451 g/mol. The van der Waals surface area contributed by atoms with Crippen LogP contribution in [0, 0.1) is 0 Å². The lowest BCUT2D eigenvalue weighted by Crippen LogP contribution is -2.37. The molecular formula is C25H27ClN4O2. The molecule has 166 valence electrons. The van der Waals surface area contributed by atoms with E-state index in [9.17, 15) is 4.79 Å². The monoisotopic (exact) mass is 450 g/mol. The molecule has 4 aromatic rings. The van der Waals surface area contributed by atoms with Crippen molar-refractivity contribution in [1.82, 2.24) is 14.5 Å². The third-order valence-electron chi connectivity index (χ3n) is 5.64. The van der Waals surface area contributed by atoms with Crippen molar-refractivity contribution in [2.75, 3.05) is 13.1 Å². The first-order chi connectivity index (χ1) is 15.6. The number of benzene rings is 2. The molecule has 2 N–H and O–H groups in total. The van der Waals surface area contributed by atoms with E-state index in [-0.39, 0.29) is 11.6 Å². The third-order valence-corrected chi connectivity index (χ3v) is 5.89. The summed E-state index contributed by atoms with van der Waals surface area (Å²) < 4.78 is 7.30. The first-order valence-corrected chi connectivity index (χ1v) is 11.2. The Labute approximate surface area is 192 Å². The minimum Gasteiger partial charge on any atom is -0.446 e. The van der Waals surface area contributed by atoms with Crippen LogP contribution in [0.2, 0.25) is 5.02 Å². The summed E-state index contributed by atoms with van der Waals surface area (Å²) in [7, 11) is 0. The number of rotatable bonds is 9. The number of nitrogens with zero attached hydrogens (tertiary/aromatic N) is 3. The Morgan fingerprint density at radius 3 is 2.53 bits per heavy atom. The van der Waals surface area contributed by atoms with Crippen LogP contribution in [0.3, 0.4) is 0 Å². The van der Waals surface area contributed by atoms with Crippen LogP contribution in [-0.2, 0) is 13.1 Å². The zero-order chi connectivity index (χ0) is 22.5. The predicted molar refractivity (Wildman–Crippen MR) is 128 cm³/mol. The van der Waals surface area contributed by atoms with Crippen molar-refractivity contribution in [2.24, 2.45) is 5.73 Å². The molecule has 0 aliphatic rings. The van der Waals surface area contributed by atoms with Gasteiger partial charge in [0.1, 0.15) is 11.2 Å². The number of furan rings is 1. The first kappa shape index (κ1) is 22.3. The van der Waals surface area contributed by atoms with Gasteiger partial charge in [0.25, 0.3) is 5.56 Å². The molecule has 1 atom stereocenters. The highest BCUT2D eigenvalue weighted by Gasteiger charge is 2.25. The van der Waals surface area contributed by atoms with Gasteiger partial charge in [0.2, 0.25) is 5.71 Å². The van der Waals surface area contributed by atoms with Gasteiger partial charge in [0.05, 0.1) is 18.8 Å². The summed E-state index contributed by atoms with van der Waals surface area (Å²) >= 11 is 6.06. The van der Waals surface area contributed by atoms with Crippen LogP contribution in [0.1, 0.15) is 36.3 Å². The van der Waals surface area contributed by atoms with Crippen molar-refractivity contribution in [3.63, 3.8) is 0 Å². The Balaban J connectivity index is 1.79. The predicted octanol–water partition coefficient (Wildman–Crippen LogP) is 4.60. The van der Waals surface area contributed by atoms with E-state index in [1.165, 1.54) is 6.26 Å². The Hall–Kier alpha value is -2.93. The quantitative estimate of drug-likeness (QED) is 0.403. The number of aromatic nitrogens is 2. The fourth-order valence-electron chi connectivity index (χ4n) is 4.08. The van der Waals surface area contributed by atoms with Crippen LogP contribution in [0.25, 0.3) is 11.1 Å². The van der Waals surface area contributed by atoms with Crippen LogP contribution < -0.4 is 11.3 Å². The lowest BCUT2D eigenvalue weighted by atomic mass is 10.1. The molecule has 0 aliphatic carbocycles. The van der Waals surface area contributed by atoms with E-state index in [1.807, 2.05) is 54.6 Å². The van der Waals surface area contributed by atoms with Gasteiger partial charge in [-0.3, -0.25) is 14.3 Å². The zero-order valence-electron chi connectivity index (χ0n) is 18.1. The van der Waals surface area contributed by atoms with E-state index in [2.05, 4.69) is 11.8 Å². The molecule has 0 saturated carbocycles. The van der Waals surface area contributed by atoms with Crippen LogP contribution in [0.15, 0.2) is 76.1 Å². The molecule has 7 heteroatoms. The van der Waals surface area contributed by atoms with Gasteiger partial charge < -0.3 is 10.2 Å². The molecule has 0 bridgehead atoms. The molecule has 2 aromatic carbocycles. The maximum atomic E-state index is 13.4. The minimum atomic E-state index is -0.111. The summed E-state index contributed by atoms with van der Waals surface area (Å²) in [6.07, 6.45) is 2.28. The highest BCUT2D eigenvalue weighted by atomic mass is 35.5. The number of halogens is 1. The summed E-state index contributed by atoms with van der Waals surface area (Å²) in [4.78, 5) is 20.5. The van der Waals surface area contributed by atoms with E-state index in [1.54, 1.807) is 10.6 Å². The molecule has 0 saturated heterocycles. The first-order valence-electron chi connectivity index (χ1n) is 10.8. The maximum absolute atomic E-state index is 13.4. The van der Waals surface area contributed by atoms with Gasteiger partial charge in [-0.25, -0.2) is 0 Å². The molecule has 32 heavy (non-hydrogen) atoms. The average Bonchev–Trinajstić information content (AvgIpc) is 3.28. The minimum absolute atomic E-state index is 0.0970. The van der Waals surface area contributed by atoms with Crippen molar-refractivity contribution in [1.29, 1.82) is 0 Å². The molecule has 0 fully saturated rings. The van der Waals surface area contributed by atoms with E-state index in [0.717, 1.165) is 17.5 Å². The summed E-state index contributed by atoms with van der Waals surface area (Å²) in [6.45, 7) is 4.37. The normalized spacial score (nSPS) is 12.5. The summed E-state index contributed by atoms with van der Waals surface area (Å²) in [5.41, 5.74) is 8.41. The Bertz CT molecular complexity index is 1220. The molecule has 6 nitrogen and oxygen atoms in total. The fraction of sp³-hybridized carbons (Fsp3) is 0.280. The van der Waals surface area contributed by atoms with Gasteiger partial charge in [-0.15, -0.1) is 0 Å². The Morgan fingerprint density at radius 1 is 1.09 bits per heavy atom. The number of hydrogen-bond acceptors (Lipinski definition) is 5. The Morgan fingerprint density at radius 2 is 1.84 bits per heavy atom. The fourth-order valence-corrected chi connectivity index (χ4v) is 4.20. The molecule has 0 spiro atoms. The van der Waals surface area contributed by atoms with Gasteiger partial charge in [0, 0.05) is 24.7 Å². The summed E-state index contributed by atoms with van der Waals surface area (Å²) in [6, 6.07) is 19.3. The highest BCUT2D eigenvalue weighted by molar-refractivity contribution is 6.30. The second-order valence-electron chi connectivity index (χ2n) is 7.80. The number of fused-ring (bicyclic) bond motifs is 1. The van der Waals surface area contributed by atoms with Crippen LogP contribution >= 0.6 is 11.6 Å². The van der Waals surface area contributed by atoms with Gasteiger partial charge in [-0.05, 0) is 35.7 Å². The molecule has 4 rings (SSSR count). The molecular weight excluding hydrogens is 424 g/mol.